The number of carbonyl (C=O) groups is 2. The van der Waals surface area contributed by atoms with Gasteiger partial charge in [-0.05, 0) is 74.3 Å². The fraction of sp³-hybridized carbons (Fsp3) is 0.778. The Morgan fingerprint density at radius 3 is 2.48 bits per heavy atom. The molecule has 0 radical (unpaired) electrons. The van der Waals surface area contributed by atoms with Crippen molar-refractivity contribution < 1.29 is 29.3 Å². The molecular weight excluding hydrogens is 420 g/mol. The molecule has 0 saturated heterocycles. The summed E-state index contributed by atoms with van der Waals surface area (Å²) in [5.41, 5.74) is 1.28. The van der Waals surface area contributed by atoms with Crippen molar-refractivity contribution in [1.82, 2.24) is 0 Å². The van der Waals surface area contributed by atoms with Gasteiger partial charge in [-0.15, -0.1) is 0 Å². The van der Waals surface area contributed by atoms with E-state index in [1.807, 2.05) is 26.8 Å². The second kappa shape index (κ2) is 11.2. The second-order valence-electron chi connectivity index (χ2n) is 11.0. The van der Waals surface area contributed by atoms with Crippen molar-refractivity contribution in [2.75, 3.05) is 13.2 Å². The predicted molar refractivity (Wildman–Crippen MR) is 128 cm³/mol. The van der Waals surface area contributed by atoms with Crippen LogP contribution in [0.25, 0.3) is 0 Å². The Morgan fingerprint density at radius 2 is 1.88 bits per heavy atom. The highest BCUT2D eigenvalue weighted by molar-refractivity contribution is 5.71. The number of ether oxygens (including phenoxy) is 2. The molecule has 0 aromatic carbocycles. The zero-order chi connectivity index (χ0) is 25.0. The number of aliphatic hydroxyl groups excluding tert-OH is 2. The molecule has 0 spiro atoms. The van der Waals surface area contributed by atoms with Crippen LogP contribution < -0.4 is 0 Å². The fourth-order valence-electron chi connectivity index (χ4n) is 6.16. The highest BCUT2D eigenvalue weighted by atomic mass is 16.5. The summed E-state index contributed by atoms with van der Waals surface area (Å²) in [7, 11) is 0. The van der Waals surface area contributed by atoms with Gasteiger partial charge in [-0.25, -0.2) is 0 Å². The number of esters is 2. The number of fused-ring (bicyclic) bond motifs is 1. The average molecular weight is 465 g/mol. The first-order valence-corrected chi connectivity index (χ1v) is 12.3. The summed E-state index contributed by atoms with van der Waals surface area (Å²) in [6.07, 6.45) is 4.94. The van der Waals surface area contributed by atoms with Crippen molar-refractivity contribution >= 4 is 11.9 Å². The van der Waals surface area contributed by atoms with E-state index in [1.54, 1.807) is 0 Å². The molecule has 2 rings (SSSR count). The quantitative estimate of drug-likeness (QED) is 0.383. The van der Waals surface area contributed by atoms with Gasteiger partial charge in [-0.2, -0.15) is 0 Å². The van der Waals surface area contributed by atoms with Crippen LogP contribution in [0.3, 0.4) is 0 Å². The minimum atomic E-state index is -0.610. The molecule has 0 amide bonds. The lowest BCUT2D eigenvalue weighted by atomic mass is 9.45. The van der Waals surface area contributed by atoms with Crippen LogP contribution in [-0.2, 0) is 19.1 Å². The molecule has 7 atom stereocenters. The Morgan fingerprint density at radius 1 is 1.21 bits per heavy atom. The van der Waals surface area contributed by atoms with Crippen molar-refractivity contribution in [2.45, 2.75) is 92.3 Å². The van der Waals surface area contributed by atoms with Crippen LogP contribution in [0.2, 0.25) is 0 Å². The Hall–Kier alpha value is -1.66. The molecule has 188 valence electrons. The largest absolute Gasteiger partial charge is 0.465 e. The Kier molecular flexibility index (Phi) is 9.34. The standard InChI is InChI=1S/C27H44O6/c1-8-18(3)25(31)32-12-11-17(2)9-10-22-19(4)23(30)13-24-26(6,16-33-20(5)28)14-21(29)15-27(22,24)7/h11,18,21-24,29-30H,4,8-10,12-16H2,1-3,5-7H3/b17-11+/t18-,21-,22+,23-,24-,26-,27-/m1/s1. The summed E-state index contributed by atoms with van der Waals surface area (Å²) in [5, 5.41) is 21.7. The number of rotatable bonds is 9. The first kappa shape index (κ1) is 27.6. The zero-order valence-corrected chi connectivity index (χ0v) is 21.4. The summed E-state index contributed by atoms with van der Waals surface area (Å²) in [6, 6.07) is 0. The number of aliphatic hydroxyl groups is 2. The zero-order valence-electron chi connectivity index (χ0n) is 21.4. The molecule has 2 saturated carbocycles. The monoisotopic (exact) mass is 464 g/mol. The summed E-state index contributed by atoms with van der Waals surface area (Å²) in [4.78, 5) is 23.4. The number of hydrogen-bond acceptors (Lipinski definition) is 6. The number of hydrogen-bond donors (Lipinski definition) is 2. The maximum atomic E-state index is 11.9. The molecule has 0 bridgehead atoms. The molecule has 2 N–H and O–H groups in total. The lowest BCUT2D eigenvalue weighted by molar-refractivity contribution is -0.167. The van der Waals surface area contributed by atoms with Crippen molar-refractivity contribution in [3.05, 3.63) is 23.8 Å². The average Bonchev–Trinajstić information content (AvgIpc) is 2.73. The van der Waals surface area contributed by atoms with Gasteiger partial charge >= 0.3 is 11.9 Å². The maximum Gasteiger partial charge on any atom is 0.308 e. The van der Waals surface area contributed by atoms with E-state index in [-0.39, 0.29) is 48.3 Å². The summed E-state index contributed by atoms with van der Waals surface area (Å²) in [6.45, 7) is 16.3. The van der Waals surface area contributed by atoms with E-state index in [1.165, 1.54) is 6.92 Å². The molecule has 33 heavy (non-hydrogen) atoms. The molecular formula is C27H44O6. The predicted octanol–water partition coefficient (Wildman–Crippen LogP) is 4.59. The first-order chi connectivity index (χ1) is 15.3. The Bertz CT molecular complexity index is 758. The second-order valence-corrected chi connectivity index (χ2v) is 11.0. The SMILES string of the molecule is C=C1[C@H](O)C[C@@H]2[C@@](C)(COC(C)=O)C[C@@H](O)C[C@]2(C)[C@H]1CC/C(C)=C/COC(=O)[C@H](C)CC. The third-order valence-corrected chi connectivity index (χ3v) is 8.25. The van der Waals surface area contributed by atoms with Crippen LogP contribution in [0.15, 0.2) is 23.8 Å². The van der Waals surface area contributed by atoms with Gasteiger partial charge in [0.25, 0.3) is 0 Å². The lowest BCUT2D eigenvalue weighted by Crippen LogP contribution is -2.58. The van der Waals surface area contributed by atoms with Crippen LogP contribution in [0.4, 0.5) is 0 Å². The molecule has 2 fully saturated rings. The number of carbonyl (C=O) groups excluding carboxylic acids is 2. The minimum Gasteiger partial charge on any atom is -0.465 e. The highest BCUT2D eigenvalue weighted by Crippen LogP contribution is 2.62. The van der Waals surface area contributed by atoms with Crippen LogP contribution in [0.5, 0.6) is 0 Å². The Balaban J connectivity index is 2.15. The van der Waals surface area contributed by atoms with Crippen LogP contribution >= 0.6 is 0 Å². The van der Waals surface area contributed by atoms with Gasteiger partial charge in [0.2, 0.25) is 0 Å². The smallest absolute Gasteiger partial charge is 0.308 e. The van der Waals surface area contributed by atoms with Crippen LogP contribution in [0.1, 0.15) is 80.1 Å². The van der Waals surface area contributed by atoms with Crippen molar-refractivity contribution in [1.29, 1.82) is 0 Å². The molecule has 0 aromatic heterocycles. The van der Waals surface area contributed by atoms with Gasteiger partial charge in [-0.3, -0.25) is 9.59 Å². The van der Waals surface area contributed by atoms with E-state index in [9.17, 15) is 19.8 Å². The molecule has 0 unspecified atom stereocenters. The topological polar surface area (TPSA) is 93.1 Å². The lowest BCUT2D eigenvalue weighted by Gasteiger charge is -2.60. The normalized spacial score (nSPS) is 35.5. The molecule has 6 nitrogen and oxygen atoms in total. The van der Waals surface area contributed by atoms with Crippen molar-refractivity contribution in [3.8, 4) is 0 Å². The van der Waals surface area contributed by atoms with E-state index in [4.69, 9.17) is 9.47 Å². The summed E-state index contributed by atoms with van der Waals surface area (Å²) < 4.78 is 10.7. The van der Waals surface area contributed by atoms with E-state index in [0.717, 1.165) is 30.4 Å². The summed E-state index contributed by atoms with van der Waals surface area (Å²) >= 11 is 0. The van der Waals surface area contributed by atoms with Gasteiger partial charge in [0.1, 0.15) is 6.61 Å². The minimum absolute atomic E-state index is 0.0314. The van der Waals surface area contributed by atoms with Crippen molar-refractivity contribution in [2.24, 2.45) is 28.6 Å². The fourth-order valence-corrected chi connectivity index (χ4v) is 6.16. The van der Waals surface area contributed by atoms with Crippen molar-refractivity contribution in [3.63, 3.8) is 0 Å². The third kappa shape index (κ3) is 6.48. The highest BCUT2D eigenvalue weighted by Gasteiger charge is 2.58. The van der Waals surface area contributed by atoms with Gasteiger partial charge in [0.05, 0.1) is 24.7 Å². The first-order valence-electron chi connectivity index (χ1n) is 12.3. The molecule has 2 aliphatic rings. The van der Waals surface area contributed by atoms with E-state index >= 15 is 0 Å². The third-order valence-electron chi connectivity index (χ3n) is 8.25. The molecule has 0 aliphatic heterocycles. The molecule has 2 aliphatic carbocycles. The molecule has 6 heteroatoms. The van der Waals surface area contributed by atoms with E-state index in [2.05, 4.69) is 20.4 Å². The van der Waals surface area contributed by atoms with Crippen LogP contribution in [-0.4, -0.2) is 47.6 Å². The van der Waals surface area contributed by atoms with Crippen LogP contribution in [0, 0.1) is 28.6 Å². The molecule has 0 heterocycles. The van der Waals surface area contributed by atoms with Gasteiger partial charge < -0.3 is 19.7 Å². The van der Waals surface area contributed by atoms with Gasteiger partial charge in [0.15, 0.2) is 0 Å². The Labute approximate surface area is 199 Å². The maximum absolute atomic E-state index is 11.9. The van der Waals surface area contributed by atoms with Gasteiger partial charge in [0, 0.05) is 12.3 Å². The van der Waals surface area contributed by atoms with E-state index < -0.39 is 17.6 Å². The number of allylic oxidation sites excluding steroid dienone is 1. The molecule has 0 aromatic rings. The van der Waals surface area contributed by atoms with Gasteiger partial charge in [-0.1, -0.05) is 39.8 Å². The van der Waals surface area contributed by atoms with E-state index in [0.29, 0.717) is 19.3 Å². The summed E-state index contributed by atoms with van der Waals surface area (Å²) in [5.74, 6) is -0.474.